The van der Waals surface area contributed by atoms with Crippen molar-refractivity contribution in [2.24, 2.45) is 5.10 Å². The minimum atomic E-state index is -0.680. The second-order valence-electron chi connectivity index (χ2n) is 7.52. The van der Waals surface area contributed by atoms with Crippen molar-refractivity contribution in [3.05, 3.63) is 85.8 Å². The SMILES string of the molecule is O=C1Nc2nc3ccccc3n2CC(O)CCOC2=NN([CH-]C=C2)Cc2cccc1c2.[CH3-].[U+2]. The van der Waals surface area contributed by atoms with Crippen molar-refractivity contribution < 1.29 is 45.8 Å². The molecule has 4 bridgehead atoms. The maximum absolute atomic E-state index is 13.0. The molecular formula is C24H25N5O3U. The largest absolute Gasteiger partial charge is 2.00 e. The fourth-order valence-electron chi connectivity index (χ4n) is 3.71. The van der Waals surface area contributed by atoms with Crippen LogP contribution in [-0.2, 0) is 17.8 Å². The number of imidazole rings is 1. The summed E-state index contributed by atoms with van der Waals surface area (Å²) in [7, 11) is 0. The first-order chi connectivity index (χ1) is 15.2. The van der Waals surface area contributed by atoms with Gasteiger partial charge in [0.25, 0.3) is 5.91 Å². The van der Waals surface area contributed by atoms with Crippen molar-refractivity contribution in [3.8, 4) is 0 Å². The number of carbonyl (C=O) groups is 1. The molecule has 3 heterocycles. The van der Waals surface area contributed by atoms with E-state index in [9.17, 15) is 9.90 Å². The minimum absolute atomic E-state index is 0. The third-order valence-corrected chi connectivity index (χ3v) is 5.23. The Labute approximate surface area is 216 Å². The van der Waals surface area contributed by atoms with E-state index in [1.807, 2.05) is 59.7 Å². The van der Waals surface area contributed by atoms with Crippen LogP contribution >= 0.6 is 0 Å². The van der Waals surface area contributed by atoms with Gasteiger partial charge in [0.1, 0.15) is 5.90 Å². The van der Waals surface area contributed by atoms with Gasteiger partial charge in [-0.25, -0.2) is 11.1 Å². The first-order valence-corrected chi connectivity index (χ1v) is 10.2. The first-order valence-electron chi connectivity index (χ1n) is 10.2. The molecule has 1 aromatic heterocycles. The predicted octanol–water partition coefficient (Wildman–Crippen LogP) is 3.37. The van der Waals surface area contributed by atoms with Crippen LogP contribution in [0.25, 0.3) is 11.0 Å². The van der Waals surface area contributed by atoms with Crippen molar-refractivity contribution in [3.63, 3.8) is 0 Å². The van der Waals surface area contributed by atoms with E-state index >= 15 is 0 Å². The fourth-order valence-corrected chi connectivity index (χ4v) is 3.71. The first kappa shape index (κ1) is 24.9. The molecule has 33 heavy (non-hydrogen) atoms. The van der Waals surface area contributed by atoms with Crippen molar-refractivity contribution in [1.82, 2.24) is 14.6 Å². The number of aliphatic hydroxyl groups excluding tert-OH is 1. The van der Waals surface area contributed by atoms with Crippen LogP contribution in [0.15, 0.2) is 65.8 Å². The minimum Gasteiger partial charge on any atom is -0.491 e. The van der Waals surface area contributed by atoms with Crippen LogP contribution in [0.1, 0.15) is 22.3 Å². The normalized spacial score (nSPS) is 18.0. The monoisotopic (exact) mass is 669 g/mol. The summed E-state index contributed by atoms with van der Waals surface area (Å²) in [5, 5.41) is 19.8. The maximum Gasteiger partial charge on any atom is 2.00 e. The Bertz CT molecular complexity index is 1190. The number of carbonyl (C=O) groups excluding carboxylic acids is 1. The Morgan fingerprint density at radius 3 is 2.91 bits per heavy atom. The Balaban J connectivity index is 0.00000153. The van der Waals surface area contributed by atoms with Crippen molar-refractivity contribution in [2.75, 3.05) is 11.9 Å². The Morgan fingerprint density at radius 2 is 2.03 bits per heavy atom. The average Bonchev–Trinajstić information content (AvgIpc) is 3.10. The van der Waals surface area contributed by atoms with E-state index < -0.39 is 6.10 Å². The number of rotatable bonds is 0. The smallest absolute Gasteiger partial charge is 0.491 e. The van der Waals surface area contributed by atoms with Crippen molar-refractivity contribution in [1.29, 1.82) is 0 Å². The van der Waals surface area contributed by atoms with E-state index in [0.29, 0.717) is 37.0 Å². The van der Waals surface area contributed by atoms with Crippen molar-refractivity contribution >= 4 is 28.8 Å². The summed E-state index contributed by atoms with van der Waals surface area (Å²) in [4.78, 5) is 17.6. The number of hydrogen-bond acceptors (Lipinski definition) is 6. The Morgan fingerprint density at radius 1 is 1.18 bits per heavy atom. The molecule has 0 radical (unpaired) electrons. The van der Waals surface area contributed by atoms with Gasteiger partial charge in [0.2, 0.25) is 5.95 Å². The molecule has 168 valence electrons. The number of amides is 1. The summed E-state index contributed by atoms with van der Waals surface area (Å²) in [6.07, 6.45) is 3.38. The molecular weight excluding hydrogens is 644 g/mol. The third-order valence-electron chi connectivity index (χ3n) is 5.23. The van der Waals surface area contributed by atoms with Gasteiger partial charge in [0, 0.05) is 18.5 Å². The molecule has 0 spiro atoms. The van der Waals surface area contributed by atoms with Gasteiger partial charge in [-0.1, -0.05) is 24.3 Å². The van der Waals surface area contributed by atoms with Gasteiger partial charge in [-0.05, 0) is 29.8 Å². The topological polar surface area (TPSA) is 92.0 Å². The van der Waals surface area contributed by atoms with Crippen LogP contribution in [0.3, 0.4) is 0 Å². The summed E-state index contributed by atoms with van der Waals surface area (Å²) in [5.41, 5.74) is 3.07. The zero-order chi connectivity index (χ0) is 21.2. The summed E-state index contributed by atoms with van der Waals surface area (Å²) >= 11 is 0. The number of anilines is 1. The third kappa shape index (κ3) is 5.61. The predicted molar refractivity (Wildman–Crippen MR) is 124 cm³/mol. The number of benzene rings is 2. The molecule has 9 heteroatoms. The second-order valence-corrected chi connectivity index (χ2v) is 7.52. The molecule has 0 saturated heterocycles. The standard InChI is InChI=1S/C23H22N5O3.CH3.U/c29-18-10-12-31-21-9-4-11-27(26-21)14-16-5-3-6-17(13-16)22(30)25-23-24-19-7-1-2-8-20(19)28(23)15-18;;/h1-9,11,13,18,29H,10,12,14-15H2,(H,24,25,30);1H3;/q2*-1;+2. The number of hydrazone groups is 1. The quantitative estimate of drug-likeness (QED) is 0.359. The molecule has 2 N–H and O–H groups in total. The van der Waals surface area contributed by atoms with E-state index in [2.05, 4.69) is 15.4 Å². The summed E-state index contributed by atoms with van der Waals surface area (Å²) < 4.78 is 7.60. The molecule has 2 aliphatic heterocycles. The van der Waals surface area contributed by atoms with E-state index in [-0.39, 0.29) is 51.0 Å². The van der Waals surface area contributed by atoms with Gasteiger partial charge in [0.05, 0.1) is 30.3 Å². The van der Waals surface area contributed by atoms with E-state index in [1.54, 1.807) is 17.2 Å². The fraction of sp³-hybridized carbons (Fsp3) is 0.208. The molecule has 1 unspecified atom stereocenters. The molecule has 5 rings (SSSR count). The molecule has 1 atom stereocenters. The number of aromatic nitrogens is 2. The van der Waals surface area contributed by atoms with Crippen LogP contribution in [0, 0.1) is 45.1 Å². The van der Waals surface area contributed by atoms with Gasteiger partial charge in [0.15, 0.2) is 0 Å². The Kier molecular flexibility index (Phi) is 8.25. The van der Waals surface area contributed by atoms with Gasteiger partial charge >= 0.3 is 31.1 Å². The zero-order valence-electron chi connectivity index (χ0n) is 18.3. The van der Waals surface area contributed by atoms with Gasteiger partial charge < -0.3 is 26.8 Å². The summed E-state index contributed by atoms with van der Waals surface area (Å²) in [6, 6.07) is 15.0. The molecule has 0 saturated carbocycles. The van der Waals surface area contributed by atoms with Crippen LogP contribution < -0.4 is 5.32 Å². The van der Waals surface area contributed by atoms with E-state index in [0.717, 1.165) is 16.6 Å². The number of fused-ring (bicyclic) bond motifs is 6. The van der Waals surface area contributed by atoms with Gasteiger partial charge in [-0.2, -0.15) is 5.10 Å². The van der Waals surface area contributed by atoms with Gasteiger partial charge in [-0.15, -0.1) is 12.6 Å². The molecule has 8 nitrogen and oxygen atoms in total. The number of nitrogens with one attached hydrogen (secondary N) is 1. The molecule has 3 aromatic rings. The maximum atomic E-state index is 13.0. The Hall–Kier alpha value is -2.73. The summed E-state index contributed by atoms with van der Waals surface area (Å²) in [6.45, 7) is 2.95. The van der Waals surface area contributed by atoms with Gasteiger partial charge in [-0.3, -0.25) is 10.1 Å². The van der Waals surface area contributed by atoms with Crippen LogP contribution in [0.2, 0.25) is 0 Å². The van der Waals surface area contributed by atoms with E-state index in [1.165, 1.54) is 0 Å². The molecule has 2 aliphatic rings. The molecule has 0 fully saturated rings. The molecule has 2 aromatic carbocycles. The number of para-hydroxylation sites is 2. The average molecular weight is 670 g/mol. The van der Waals surface area contributed by atoms with Crippen LogP contribution in [0.5, 0.6) is 0 Å². The number of nitrogens with zero attached hydrogens (tertiary/aromatic N) is 4. The molecule has 0 aliphatic carbocycles. The van der Waals surface area contributed by atoms with Crippen molar-refractivity contribution in [2.45, 2.75) is 25.6 Å². The number of ether oxygens (including phenoxy) is 1. The zero-order valence-corrected chi connectivity index (χ0v) is 22.5. The number of hydrogen-bond donors (Lipinski definition) is 2. The second kappa shape index (κ2) is 10.9. The number of aliphatic hydroxyl groups is 1. The van der Waals surface area contributed by atoms with Crippen LogP contribution in [0.4, 0.5) is 5.95 Å². The molecule has 1 amide bonds. The summed E-state index contributed by atoms with van der Waals surface area (Å²) in [5.74, 6) is 0.643. The van der Waals surface area contributed by atoms with E-state index in [4.69, 9.17) is 4.74 Å². The van der Waals surface area contributed by atoms with Crippen LogP contribution in [-0.4, -0.2) is 44.2 Å².